The Balaban J connectivity index is 1.15. The second-order valence-electron chi connectivity index (χ2n) is 10.7. The van der Waals surface area contributed by atoms with E-state index < -0.39 is 0 Å². The Labute approximate surface area is 253 Å². The highest BCUT2D eigenvalue weighted by atomic mass is 32.2. The zero-order valence-corrected chi connectivity index (χ0v) is 25.9. The molecule has 1 fully saturated rings. The molecule has 2 heterocycles. The number of aryl methyl sites for hydroxylation is 1. The second-order valence-corrected chi connectivity index (χ2v) is 12.4. The van der Waals surface area contributed by atoms with Crippen molar-refractivity contribution in [3.8, 4) is 11.3 Å². The lowest BCUT2D eigenvalue weighted by Gasteiger charge is -2.34. The molecule has 1 amide bonds. The van der Waals surface area contributed by atoms with Gasteiger partial charge >= 0.3 is 0 Å². The van der Waals surface area contributed by atoms with Crippen LogP contribution in [0.15, 0.2) is 58.8 Å². The van der Waals surface area contributed by atoms with Crippen LogP contribution in [0.2, 0.25) is 0 Å². The SMILES string of the molecule is CCCCCc1ccc(SNc2cccc(-c3csc(NC(=O)CCCCCN4CCN(CCO)CC4)n3)c2)cc1. The summed E-state index contributed by atoms with van der Waals surface area (Å²) in [5.74, 6) is 0.0340. The van der Waals surface area contributed by atoms with Gasteiger partial charge in [0.05, 0.1) is 12.3 Å². The molecule has 1 aromatic heterocycles. The molecule has 2 aromatic carbocycles. The van der Waals surface area contributed by atoms with E-state index in [9.17, 15) is 4.79 Å². The molecule has 9 heteroatoms. The molecule has 3 aromatic rings. The number of anilines is 2. The number of unbranched alkanes of at least 4 members (excludes halogenated alkanes) is 4. The Hall–Kier alpha value is -2.43. The van der Waals surface area contributed by atoms with E-state index in [0.717, 1.165) is 81.9 Å². The molecule has 0 atom stereocenters. The van der Waals surface area contributed by atoms with E-state index >= 15 is 0 Å². The van der Waals surface area contributed by atoms with Gasteiger partial charge in [0.2, 0.25) is 5.91 Å². The Bertz CT molecular complexity index is 1180. The molecule has 222 valence electrons. The third-order valence-electron chi connectivity index (χ3n) is 7.45. The molecule has 1 saturated heterocycles. The maximum atomic E-state index is 12.5. The van der Waals surface area contributed by atoms with E-state index in [1.807, 2.05) is 17.5 Å². The molecule has 0 saturated carbocycles. The Kier molecular flexibility index (Phi) is 13.5. The number of carbonyl (C=O) groups is 1. The monoisotopic (exact) mass is 595 g/mol. The van der Waals surface area contributed by atoms with Gasteiger partial charge in [-0.15, -0.1) is 11.3 Å². The van der Waals surface area contributed by atoms with Crippen LogP contribution in [0.1, 0.15) is 57.4 Å². The fourth-order valence-electron chi connectivity index (χ4n) is 4.98. The van der Waals surface area contributed by atoms with Gasteiger partial charge in [0.1, 0.15) is 0 Å². The topological polar surface area (TPSA) is 80.7 Å². The summed E-state index contributed by atoms with van der Waals surface area (Å²) in [6.45, 7) is 8.54. The molecule has 0 spiro atoms. The molecule has 0 radical (unpaired) electrons. The first kappa shape index (κ1) is 31.5. The minimum Gasteiger partial charge on any atom is -0.395 e. The predicted molar refractivity (Wildman–Crippen MR) is 174 cm³/mol. The van der Waals surface area contributed by atoms with Crippen molar-refractivity contribution in [1.29, 1.82) is 0 Å². The van der Waals surface area contributed by atoms with Crippen molar-refractivity contribution in [3.63, 3.8) is 0 Å². The molecule has 3 N–H and O–H groups in total. The average molecular weight is 596 g/mol. The minimum absolute atomic E-state index is 0.0340. The number of piperazine rings is 1. The third-order valence-corrected chi connectivity index (χ3v) is 9.05. The third kappa shape index (κ3) is 11.1. The average Bonchev–Trinajstić information content (AvgIpc) is 3.46. The first-order valence-corrected chi connectivity index (χ1v) is 16.8. The van der Waals surface area contributed by atoms with Crippen molar-refractivity contribution < 1.29 is 9.90 Å². The summed E-state index contributed by atoms with van der Waals surface area (Å²) in [7, 11) is 0. The van der Waals surface area contributed by atoms with Crippen molar-refractivity contribution >= 4 is 40.0 Å². The van der Waals surface area contributed by atoms with Gasteiger partial charge < -0.3 is 20.0 Å². The van der Waals surface area contributed by atoms with Crippen LogP contribution in [0, 0.1) is 0 Å². The summed E-state index contributed by atoms with van der Waals surface area (Å²) in [6, 6.07) is 17.1. The summed E-state index contributed by atoms with van der Waals surface area (Å²) >= 11 is 3.08. The van der Waals surface area contributed by atoms with E-state index in [0.29, 0.717) is 11.6 Å². The van der Waals surface area contributed by atoms with Crippen molar-refractivity contribution in [1.82, 2.24) is 14.8 Å². The molecule has 1 aliphatic heterocycles. The van der Waals surface area contributed by atoms with Gasteiger partial charge in [-0.1, -0.05) is 50.5 Å². The number of nitrogens with one attached hydrogen (secondary N) is 2. The van der Waals surface area contributed by atoms with Crippen LogP contribution in [0.4, 0.5) is 10.8 Å². The standard InChI is InChI=1S/C32H45N5O2S2/c1-2-3-5-9-26-13-15-29(16-14-26)41-35-28-11-8-10-27(24-28)30-25-40-32(33-30)34-31(39)12-6-4-7-17-36-18-20-37(21-19-36)22-23-38/h8,10-11,13-16,24-25,35,38H,2-7,9,12,17-23H2,1H3,(H,33,34,39). The number of rotatable bonds is 17. The number of thiazole rings is 1. The number of carbonyl (C=O) groups excluding carboxylic acids is 1. The number of amides is 1. The first-order valence-electron chi connectivity index (χ1n) is 15.1. The van der Waals surface area contributed by atoms with Gasteiger partial charge in [0.15, 0.2) is 5.13 Å². The number of aliphatic hydroxyl groups is 1. The van der Waals surface area contributed by atoms with Gasteiger partial charge in [-0.2, -0.15) is 0 Å². The molecular formula is C32H45N5O2S2. The molecular weight excluding hydrogens is 551 g/mol. The number of aromatic nitrogens is 1. The molecule has 0 unspecified atom stereocenters. The van der Waals surface area contributed by atoms with Gasteiger partial charge in [0.25, 0.3) is 0 Å². The van der Waals surface area contributed by atoms with Crippen LogP contribution in [0.25, 0.3) is 11.3 Å². The minimum atomic E-state index is 0.0340. The van der Waals surface area contributed by atoms with E-state index in [1.54, 1.807) is 11.9 Å². The van der Waals surface area contributed by atoms with Gasteiger partial charge in [0, 0.05) is 60.7 Å². The number of aliphatic hydroxyl groups excluding tert-OH is 1. The van der Waals surface area contributed by atoms with Crippen LogP contribution >= 0.6 is 23.3 Å². The van der Waals surface area contributed by atoms with E-state index in [1.165, 1.54) is 41.1 Å². The lowest BCUT2D eigenvalue weighted by Crippen LogP contribution is -2.47. The molecule has 4 rings (SSSR count). The van der Waals surface area contributed by atoms with Crippen LogP contribution < -0.4 is 10.0 Å². The van der Waals surface area contributed by atoms with Gasteiger partial charge in [-0.25, -0.2) is 4.98 Å². The van der Waals surface area contributed by atoms with Crippen LogP contribution in [-0.4, -0.2) is 71.7 Å². The first-order chi connectivity index (χ1) is 20.1. The smallest absolute Gasteiger partial charge is 0.226 e. The highest BCUT2D eigenvalue weighted by molar-refractivity contribution is 8.00. The van der Waals surface area contributed by atoms with Gasteiger partial charge in [-0.05, 0) is 74.0 Å². The summed E-state index contributed by atoms with van der Waals surface area (Å²) in [5.41, 5.74) is 4.31. The van der Waals surface area contributed by atoms with E-state index in [2.05, 4.69) is 68.1 Å². The summed E-state index contributed by atoms with van der Waals surface area (Å²) in [6.07, 6.45) is 8.51. The fourth-order valence-corrected chi connectivity index (χ4v) is 6.36. The number of hydrogen-bond acceptors (Lipinski definition) is 8. The van der Waals surface area contributed by atoms with Crippen molar-refractivity contribution in [2.45, 2.75) is 63.2 Å². The predicted octanol–water partition coefficient (Wildman–Crippen LogP) is 6.77. The fraction of sp³-hybridized carbons (Fsp3) is 0.500. The molecule has 0 aliphatic carbocycles. The van der Waals surface area contributed by atoms with Crippen LogP contribution in [0.5, 0.6) is 0 Å². The zero-order chi connectivity index (χ0) is 28.7. The van der Waals surface area contributed by atoms with E-state index in [-0.39, 0.29) is 12.5 Å². The summed E-state index contributed by atoms with van der Waals surface area (Å²) in [5, 5.41) is 14.7. The largest absolute Gasteiger partial charge is 0.395 e. The molecule has 41 heavy (non-hydrogen) atoms. The van der Waals surface area contributed by atoms with Gasteiger partial charge in [-0.3, -0.25) is 9.69 Å². The van der Waals surface area contributed by atoms with Crippen molar-refractivity contribution in [2.24, 2.45) is 0 Å². The quantitative estimate of drug-likeness (QED) is 0.117. The maximum Gasteiger partial charge on any atom is 0.226 e. The van der Waals surface area contributed by atoms with E-state index in [4.69, 9.17) is 5.11 Å². The number of β-amino-alcohol motifs (C(OH)–C–C–N with tert-alkyl or cyclic N) is 1. The highest BCUT2D eigenvalue weighted by Gasteiger charge is 2.15. The van der Waals surface area contributed by atoms with Crippen LogP contribution in [0.3, 0.4) is 0 Å². The summed E-state index contributed by atoms with van der Waals surface area (Å²) < 4.78 is 3.45. The Morgan fingerprint density at radius 3 is 2.51 bits per heavy atom. The summed E-state index contributed by atoms with van der Waals surface area (Å²) in [4.78, 5) is 23.1. The van der Waals surface area contributed by atoms with Crippen LogP contribution in [-0.2, 0) is 11.2 Å². The zero-order valence-electron chi connectivity index (χ0n) is 24.3. The molecule has 1 aliphatic rings. The lowest BCUT2D eigenvalue weighted by molar-refractivity contribution is -0.116. The molecule has 0 bridgehead atoms. The molecule has 7 nitrogen and oxygen atoms in total. The lowest BCUT2D eigenvalue weighted by atomic mass is 10.1. The Morgan fingerprint density at radius 1 is 0.976 bits per heavy atom. The number of nitrogens with zero attached hydrogens (tertiary/aromatic N) is 3. The highest BCUT2D eigenvalue weighted by Crippen LogP contribution is 2.29. The maximum absolute atomic E-state index is 12.5. The number of benzene rings is 2. The van der Waals surface area contributed by atoms with Crippen molar-refractivity contribution in [2.75, 3.05) is 55.9 Å². The Morgan fingerprint density at radius 2 is 1.76 bits per heavy atom. The van der Waals surface area contributed by atoms with Crippen molar-refractivity contribution in [3.05, 3.63) is 59.5 Å². The number of hydrogen-bond donors (Lipinski definition) is 3. The normalized spacial score (nSPS) is 14.3. The second kappa shape index (κ2) is 17.5.